The van der Waals surface area contributed by atoms with Gasteiger partial charge in [-0.05, 0) is 5.18 Å². The Hall–Kier alpha value is -1.83. The van der Waals surface area contributed by atoms with Crippen LogP contribution < -0.4 is 11.5 Å². The van der Waals surface area contributed by atoms with E-state index in [4.69, 9.17) is 16.7 Å². The van der Waals surface area contributed by atoms with Crippen LogP contribution >= 0.6 is 0 Å². The Labute approximate surface area is 66.6 Å². The first kappa shape index (κ1) is 8.27. The lowest BCUT2D eigenvalue weighted by atomic mass is 10.3. The lowest BCUT2D eigenvalue weighted by Crippen LogP contribution is -2.44. The molecule has 1 rings (SSSR count). The van der Waals surface area contributed by atoms with Crippen molar-refractivity contribution in [2.24, 2.45) is 31.8 Å². The second-order valence-corrected chi connectivity index (χ2v) is 2.05. The zero-order valence-corrected chi connectivity index (χ0v) is 5.88. The molecule has 0 bridgehead atoms. The highest BCUT2D eigenvalue weighted by molar-refractivity contribution is 6.42. The average Bonchev–Trinajstić information content (AvgIpc) is 2.05. The summed E-state index contributed by atoms with van der Waals surface area (Å²) in [5, 5.41) is 13.4. The van der Waals surface area contributed by atoms with Crippen LogP contribution in [0.15, 0.2) is 20.3 Å². The van der Waals surface area contributed by atoms with E-state index in [1.807, 2.05) is 0 Å². The van der Waals surface area contributed by atoms with E-state index < -0.39 is 5.79 Å². The molecule has 0 spiro atoms. The second kappa shape index (κ2) is 2.66. The number of hydrogen-bond donors (Lipinski definition) is 3. The molecule has 0 radical (unpaired) electrons. The van der Waals surface area contributed by atoms with Crippen molar-refractivity contribution in [3.05, 3.63) is 4.91 Å². The van der Waals surface area contributed by atoms with Crippen molar-refractivity contribution >= 4 is 17.9 Å². The smallest absolute Gasteiger partial charge is 0.281 e. The molecular weight excluding hydrogens is 164 g/mol. The quantitative estimate of drug-likeness (QED) is 0.253. The molecule has 0 fully saturated rings. The van der Waals surface area contributed by atoms with Crippen molar-refractivity contribution in [3.63, 3.8) is 0 Å². The maximum atomic E-state index is 10.1. The Kier molecular flexibility index (Phi) is 1.83. The Bertz CT molecular complexity index is 294. The van der Waals surface area contributed by atoms with Crippen molar-refractivity contribution in [1.29, 1.82) is 0 Å². The molecule has 0 amide bonds. The van der Waals surface area contributed by atoms with Gasteiger partial charge in [-0.15, -0.1) is 4.91 Å². The fourth-order valence-corrected chi connectivity index (χ4v) is 0.615. The molecule has 12 heavy (non-hydrogen) atoms. The molecule has 8 nitrogen and oxygen atoms in total. The summed E-state index contributed by atoms with van der Waals surface area (Å²) in [6, 6.07) is 0. The van der Waals surface area contributed by atoms with E-state index in [2.05, 4.69) is 20.3 Å². The van der Waals surface area contributed by atoms with Crippen molar-refractivity contribution in [3.8, 4) is 0 Å². The average molecular weight is 170 g/mol. The second-order valence-electron chi connectivity index (χ2n) is 2.05. The van der Waals surface area contributed by atoms with E-state index in [9.17, 15) is 4.91 Å². The van der Waals surface area contributed by atoms with Crippen molar-refractivity contribution in [2.45, 2.75) is 5.79 Å². The van der Waals surface area contributed by atoms with Gasteiger partial charge in [0, 0.05) is 0 Å². The van der Waals surface area contributed by atoms with E-state index in [1.54, 1.807) is 0 Å². The molecule has 5 N–H and O–H groups in total. The molecule has 1 aliphatic rings. The number of aliphatic imine (C=N–C) groups is 2. The maximum absolute atomic E-state index is 10.1. The zero-order chi connectivity index (χ0) is 9.19. The van der Waals surface area contributed by atoms with Crippen LogP contribution in [0, 0.1) is 4.91 Å². The van der Waals surface area contributed by atoms with Gasteiger partial charge in [0.25, 0.3) is 5.79 Å². The third-order valence-corrected chi connectivity index (χ3v) is 1.15. The molecule has 0 aliphatic carbocycles. The monoisotopic (exact) mass is 170 g/mol. The minimum Gasteiger partial charge on any atom is -0.409 e. The zero-order valence-electron chi connectivity index (χ0n) is 5.88. The normalized spacial score (nSPS) is 31.8. The molecule has 64 valence electrons. The van der Waals surface area contributed by atoms with E-state index in [0.29, 0.717) is 0 Å². The van der Waals surface area contributed by atoms with Gasteiger partial charge in [0.15, 0.2) is 5.84 Å². The summed E-state index contributed by atoms with van der Waals surface area (Å²) in [5.41, 5.74) is 10.4. The lowest BCUT2D eigenvalue weighted by molar-refractivity contribution is 0.319. The van der Waals surface area contributed by atoms with Gasteiger partial charge in [0.1, 0.15) is 0 Å². The van der Waals surface area contributed by atoms with E-state index in [-0.39, 0.29) is 11.7 Å². The van der Waals surface area contributed by atoms with E-state index in [0.717, 1.165) is 6.21 Å². The Morgan fingerprint density at radius 3 is 2.75 bits per heavy atom. The van der Waals surface area contributed by atoms with Gasteiger partial charge in [-0.1, -0.05) is 5.16 Å². The van der Waals surface area contributed by atoms with Crippen LogP contribution in [0.1, 0.15) is 0 Å². The number of rotatable bonds is 1. The van der Waals surface area contributed by atoms with Crippen LogP contribution in [0.5, 0.6) is 0 Å². The summed E-state index contributed by atoms with van der Waals surface area (Å²) in [7, 11) is 0. The Morgan fingerprint density at radius 1 is 1.67 bits per heavy atom. The summed E-state index contributed by atoms with van der Waals surface area (Å²) >= 11 is 0. The molecule has 8 heteroatoms. The predicted molar refractivity (Wildman–Crippen MR) is 42.0 cm³/mol. The number of nitroso groups, excluding NO2 is 1. The third kappa shape index (κ3) is 1.27. The summed E-state index contributed by atoms with van der Waals surface area (Å²) < 4.78 is 0. The van der Waals surface area contributed by atoms with Gasteiger partial charge >= 0.3 is 0 Å². The summed E-state index contributed by atoms with van der Waals surface area (Å²) in [5.74, 6) is -2.21. The van der Waals surface area contributed by atoms with Gasteiger partial charge < -0.3 is 10.9 Å². The van der Waals surface area contributed by atoms with Crippen molar-refractivity contribution in [2.75, 3.05) is 0 Å². The predicted octanol–water partition coefficient (Wildman–Crippen LogP) is -1.41. The minimum atomic E-state index is -1.78. The molecular formula is C4H6N6O2. The highest BCUT2D eigenvalue weighted by Crippen LogP contribution is 2.05. The minimum absolute atomic E-state index is 0.195. The van der Waals surface area contributed by atoms with Gasteiger partial charge in [0.2, 0.25) is 5.84 Å². The number of hydrogen-bond acceptors (Lipinski definition) is 7. The van der Waals surface area contributed by atoms with E-state index >= 15 is 0 Å². The summed E-state index contributed by atoms with van der Waals surface area (Å²) in [6.07, 6.45) is 0.936. The van der Waals surface area contributed by atoms with Crippen molar-refractivity contribution in [1.82, 2.24) is 0 Å². The Morgan fingerprint density at radius 2 is 2.33 bits per heavy atom. The fourth-order valence-electron chi connectivity index (χ4n) is 0.615. The van der Waals surface area contributed by atoms with Crippen molar-refractivity contribution < 1.29 is 5.21 Å². The highest BCUT2D eigenvalue weighted by Gasteiger charge is 2.28. The fraction of sp³-hybridized carbons (Fsp3) is 0.250. The summed E-state index contributed by atoms with van der Waals surface area (Å²) in [6.45, 7) is 0. The summed E-state index contributed by atoms with van der Waals surface area (Å²) in [4.78, 5) is 17.0. The first-order valence-corrected chi connectivity index (χ1v) is 2.87. The molecule has 1 unspecified atom stereocenters. The number of nitrogens with two attached hydrogens (primary N) is 2. The van der Waals surface area contributed by atoms with Gasteiger partial charge in [-0.3, -0.25) is 5.73 Å². The van der Waals surface area contributed by atoms with Crippen LogP contribution in [0.25, 0.3) is 0 Å². The number of amidine groups is 2. The largest absolute Gasteiger partial charge is 0.409 e. The highest BCUT2D eigenvalue weighted by atomic mass is 16.4. The molecule has 0 aromatic carbocycles. The molecule has 1 heterocycles. The topological polar surface area (TPSA) is 139 Å². The first-order chi connectivity index (χ1) is 5.61. The van der Waals surface area contributed by atoms with Gasteiger partial charge in [0.05, 0.1) is 6.21 Å². The molecule has 0 saturated carbocycles. The number of oxime groups is 1. The van der Waals surface area contributed by atoms with Gasteiger partial charge in [-0.2, -0.15) is 0 Å². The maximum Gasteiger partial charge on any atom is 0.281 e. The van der Waals surface area contributed by atoms with Crippen LogP contribution in [-0.2, 0) is 0 Å². The molecule has 1 aliphatic heterocycles. The van der Waals surface area contributed by atoms with Crippen LogP contribution in [0.2, 0.25) is 0 Å². The third-order valence-electron chi connectivity index (χ3n) is 1.15. The SMILES string of the molecule is NC1=NC(N)(N=O)C=NC1=NO. The molecule has 0 aromatic heterocycles. The van der Waals surface area contributed by atoms with E-state index in [1.165, 1.54) is 0 Å². The van der Waals surface area contributed by atoms with Crippen LogP contribution in [0.3, 0.4) is 0 Å². The molecule has 1 atom stereocenters. The lowest BCUT2D eigenvalue weighted by Gasteiger charge is -2.14. The number of nitrogens with zero attached hydrogens (tertiary/aromatic N) is 4. The standard InChI is InChI=1S/C4H6N6O2/c5-2-3(9-11)7-1-4(6,8-2)10-12/h1,11H,6H2,(H2,5,8). The Balaban J connectivity index is 3.04. The molecule has 0 aromatic rings. The van der Waals surface area contributed by atoms with Crippen LogP contribution in [0.4, 0.5) is 0 Å². The first-order valence-electron chi connectivity index (χ1n) is 2.87. The molecule has 0 saturated heterocycles. The van der Waals surface area contributed by atoms with Gasteiger partial charge in [-0.25, -0.2) is 9.98 Å². The van der Waals surface area contributed by atoms with Crippen LogP contribution in [-0.4, -0.2) is 28.9 Å².